The first-order chi connectivity index (χ1) is 15.2. The molecule has 2 amide bonds. The Bertz CT molecular complexity index is 840. The van der Waals surface area contributed by atoms with Crippen LogP contribution in [-0.4, -0.2) is 29.1 Å². The van der Waals surface area contributed by atoms with Crippen molar-refractivity contribution in [1.82, 2.24) is 10.6 Å². The van der Waals surface area contributed by atoms with E-state index in [1.165, 1.54) is 12.1 Å². The van der Waals surface area contributed by atoms with E-state index in [2.05, 4.69) is 24.5 Å². The second-order valence-corrected chi connectivity index (χ2v) is 10.8. The molecule has 0 spiro atoms. The van der Waals surface area contributed by atoms with Gasteiger partial charge in [0.2, 0.25) is 11.8 Å². The van der Waals surface area contributed by atoms with E-state index < -0.39 is 6.10 Å². The van der Waals surface area contributed by atoms with Crippen LogP contribution in [-0.2, 0) is 16.1 Å². The van der Waals surface area contributed by atoms with E-state index in [9.17, 15) is 19.1 Å². The van der Waals surface area contributed by atoms with Gasteiger partial charge in [0.1, 0.15) is 5.82 Å². The summed E-state index contributed by atoms with van der Waals surface area (Å²) in [5.41, 5.74) is 0.888. The number of hydrogen-bond donors (Lipinski definition) is 3. The number of rotatable bonds is 6. The molecule has 176 valence electrons. The topological polar surface area (TPSA) is 78.4 Å². The van der Waals surface area contributed by atoms with Crippen molar-refractivity contribution < 1.29 is 19.1 Å². The fraction of sp³-hybridized carbons (Fsp3) is 0.692. The molecule has 1 aromatic rings. The van der Waals surface area contributed by atoms with E-state index in [1.54, 1.807) is 12.1 Å². The lowest BCUT2D eigenvalue weighted by Crippen LogP contribution is -2.58. The van der Waals surface area contributed by atoms with Crippen molar-refractivity contribution in [2.45, 2.75) is 78.0 Å². The zero-order chi connectivity index (χ0) is 23.0. The Balaban J connectivity index is 1.40. The average Bonchev–Trinajstić information content (AvgIpc) is 3.60. The minimum Gasteiger partial charge on any atom is -0.392 e. The molecule has 32 heavy (non-hydrogen) atoms. The van der Waals surface area contributed by atoms with Gasteiger partial charge in [-0.3, -0.25) is 9.59 Å². The van der Waals surface area contributed by atoms with Crippen molar-refractivity contribution in [3.63, 3.8) is 0 Å². The number of carbonyl (C=O) groups is 2. The van der Waals surface area contributed by atoms with Gasteiger partial charge in [0.05, 0.1) is 6.10 Å². The lowest BCUT2D eigenvalue weighted by atomic mass is 9.51. The van der Waals surface area contributed by atoms with Gasteiger partial charge in [0.15, 0.2) is 0 Å². The second kappa shape index (κ2) is 9.12. The second-order valence-electron chi connectivity index (χ2n) is 10.8. The molecular formula is C26H37FN2O3. The Morgan fingerprint density at radius 2 is 1.81 bits per heavy atom. The predicted molar refractivity (Wildman–Crippen MR) is 121 cm³/mol. The van der Waals surface area contributed by atoms with Gasteiger partial charge in [-0.15, -0.1) is 0 Å². The zero-order valence-corrected chi connectivity index (χ0v) is 19.4. The molecule has 3 N–H and O–H groups in total. The summed E-state index contributed by atoms with van der Waals surface area (Å²) < 4.78 is 13.1. The van der Waals surface area contributed by atoms with Crippen LogP contribution in [0.3, 0.4) is 0 Å². The number of halogens is 1. The summed E-state index contributed by atoms with van der Waals surface area (Å²) in [7, 11) is 0. The first-order valence-electron chi connectivity index (χ1n) is 12.2. The molecule has 3 fully saturated rings. The molecule has 4 rings (SSSR count). The highest BCUT2D eigenvalue weighted by Gasteiger charge is 2.54. The van der Waals surface area contributed by atoms with Crippen LogP contribution < -0.4 is 10.6 Å². The lowest BCUT2D eigenvalue weighted by molar-refractivity contribution is -0.144. The number of carbonyl (C=O) groups excluding carboxylic acids is 2. The molecule has 1 aromatic carbocycles. The van der Waals surface area contributed by atoms with Crippen LogP contribution in [0.2, 0.25) is 0 Å². The van der Waals surface area contributed by atoms with Gasteiger partial charge in [-0.25, -0.2) is 4.39 Å². The van der Waals surface area contributed by atoms with Crippen LogP contribution in [0.1, 0.15) is 64.9 Å². The number of benzene rings is 1. The van der Waals surface area contributed by atoms with Crippen molar-refractivity contribution in [1.29, 1.82) is 0 Å². The highest BCUT2D eigenvalue weighted by molar-refractivity contribution is 5.81. The molecule has 0 aliphatic heterocycles. The molecule has 6 heteroatoms. The van der Waals surface area contributed by atoms with Crippen LogP contribution in [0.5, 0.6) is 0 Å². The van der Waals surface area contributed by atoms with E-state index in [0.717, 1.165) is 44.1 Å². The first-order valence-corrected chi connectivity index (χ1v) is 12.2. The number of nitrogens with one attached hydrogen (secondary N) is 2. The minimum absolute atomic E-state index is 0.0421. The summed E-state index contributed by atoms with van der Waals surface area (Å²) >= 11 is 0. The Morgan fingerprint density at radius 1 is 1.16 bits per heavy atom. The summed E-state index contributed by atoms with van der Waals surface area (Å²) in [5.74, 6) is -0.217. The fourth-order valence-electron chi connectivity index (χ4n) is 6.29. The minimum atomic E-state index is -0.573. The van der Waals surface area contributed by atoms with E-state index in [1.807, 2.05) is 6.92 Å². The standard InChI is InChI=1S/C26H37FN2O3/c1-15(24(31)28-14-17-4-8-19(27)9-5-17)20-10-12-26(3)13-11-21(16(2)22(26)23(20)30)29-25(32)18-6-7-18/h4-5,8-9,15-16,18,20-23,30H,6-7,10-14H2,1-3H3,(H,28,31)(H,29,32)/t15-,16-,20-,21-,22+,23-,26+/m0/s1. The number of aliphatic hydroxyl groups excluding tert-OH is 1. The molecule has 0 radical (unpaired) electrons. The average molecular weight is 445 g/mol. The van der Waals surface area contributed by atoms with Crippen molar-refractivity contribution in [3.8, 4) is 0 Å². The Kier molecular flexibility index (Phi) is 6.62. The lowest BCUT2D eigenvalue weighted by Gasteiger charge is -2.56. The van der Waals surface area contributed by atoms with Gasteiger partial charge >= 0.3 is 0 Å². The molecule has 3 saturated carbocycles. The fourth-order valence-corrected chi connectivity index (χ4v) is 6.29. The quantitative estimate of drug-likeness (QED) is 0.625. The van der Waals surface area contributed by atoms with Crippen molar-refractivity contribution in [2.75, 3.05) is 0 Å². The normalized spacial score (nSPS) is 35.5. The number of hydrogen-bond acceptors (Lipinski definition) is 3. The molecule has 0 unspecified atom stereocenters. The van der Waals surface area contributed by atoms with Gasteiger partial charge < -0.3 is 15.7 Å². The van der Waals surface area contributed by atoms with E-state index >= 15 is 0 Å². The van der Waals surface area contributed by atoms with E-state index in [4.69, 9.17) is 0 Å². The van der Waals surface area contributed by atoms with Gasteiger partial charge in [0.25, 0.3) is 0 Å². The summed E-state index contributed by atoms with van der Waals surface area (Å²) in [4.78, 5) is 25.3. The van der Waals surface area contributed by atoms with Gasteiger partial charge in [0, 0.05) is 24.4 Å². The number of amides is 2. The molecule has 3 aliphatic rings. The van der Waals surface area contributed by atoms with E-state index in [-0.39, 0.29) is 58.7 Å². The third-order valence-electron chi connectivity index (χ3n) is 8.60. The van der Waals surface area contributed by atoms with Crippen LogP contribution in [0, 0.1) is 40.8 Å². The number of fused-ring (bicyclic) bond motifs is 1. The third kappa shape index (κ3) is 4.70. The van der Waals surface area contributed by atoms with E-state index in [0.29, 0.717) is 6.54 Å². The van der Waals surface area contributed by atoms with Gasteiger partial charge in [-0.2, -0.15) is 0 Å². The summed E-state index contributed by atoms with van der Waals surface area (Å²) in [6.45, 7) is 6.67. The highest BCUT2D eigenvalue weighted by Crippen LogP contribution is 2.55. The SMILES string of the molecule is C[C@@H]1[C@@H]2[C@@H](O)[C@H]([C@H](C)C(=O)NCc3ccc(F)cc3)CC[C@]2(C)CC[C@@H]1NC(=O)C1CC1. The molecule has 0 aromatic heterocycles. The smallest absolute Gasteiger partial charge is 0.223 e. The highest BCUT2D eigenvalue weighted by atomic mass is 19.1. The first kappa shape index (κ1) is 23.2. The summed E-state index contributed by atoms with van der Waals surface area (Å²) in [6, 6.07) is 6.21. The van der Waals surface area contributed by atoms with Crippen molar-refractivity contribution in [3.05, 3.63) is 35.6 Å². The Labute approximate surface area is 190 Å². The van der Waals surface area contributed by atoms with Crippen molar-refractivity contribution >= 4 is 11.8 Å². The maximum Gasteiger partial charge on any atom is 0.223 e. The monoisotopic (exact) mass is 444 g/mol. The van der Waals surface area contributed by atoms with Crippen molar-refractivity contribution in [2.24, 2.45) is 35.0 Å². The van der Waals surface area contributed by atoms with Crippen LogP contribution in [0.15, 0.2) is 24.3 Å². The largest absolute Gasteiger partial charge is 0.392 e. The number of aliphatic hydroxyl groups is 1. The molecule has 0 heterocycles. The summed E-state index contributed by atoms with van der Waals surface area (Å²) in [5, 5.41) is 17.7. The molecule has 5 nitrogen and oxygen atoms in total. The molecule has 3 aliphatic carbocycles. The molecule has 7 atom stereocenters. The Morgan fingerprint density at radius 3 is 2.47 bits per heavy atom. The third-order valence-corrected chi connectivity index (χ3v) is 8.60. The summed E-state index contributed by atoms with van der Waals surface area (Å²) in [6.07, 6.45) is 5.17. The van der Waals surface area contributed by atoms with Crippen LogP contribution >= 0.6 is 0 Å². The van der Waals surface area contributed by atoms with Crippen LogP contribution in [0.4, 0.5) is 4.39 Å². The molecule has 0 saturated heterocycles. The molecule has 0 bridgehead atoms. The molecular weight excluding hydrogens is 407 g/mol. The van der Waals surface area contributed by atoms with Gasteiger partial charge in [-0.05, 0) is 79.4 Å². The predicted octanol–water partition coefficient (Wildman–Crippen LogP) is 3.80. The van der Waals surface area contributed by atoms with Crippen LogP contribution in [0.25, 0.3) is 0 Å². The zero-order valence-electron chi connectivity index (χ0n) is 19.4. The Hall–Kier alpha value is -1.95. The van der Waals surface area contributed by atoms with Gasteiger partial charge in [-0.1, -0.05) is 32.9 Å². The maximum absolute atomic E-state index is 13.1. The maximum atomic E-state index is 13.1.